The molecule has 0 radical (unpaired) electrons. The molecule has 0 heterocycles. The summed E-state index contributed by atoms with van der Waals surface area (Å²) in [6, 6.07) is 7.55. The Hall–Kier alpha value is -2.57. The van der Waals surface area contributed by atoms with Crippen LogP contribution in [-0.4, -0.2) is 31.2 Å². The number of nitrogens with one attached hydrogen (secondary N) is 1. The maximum absolute atomic E-state index is 11.5. The third kappa shape index (κ3) is 5.38. The Balaban J connectivity index is 2.49. The Kier molecular flexibility index (Phi) is 6.02. The number of amides is 1. The third-order valence-electron chi connectivity index (χ3n) is 2.36. The third-order valence-corrected chi connectivity index (χ3v) is 2.36. The summed E-state index contributed by atoms with van der Waals surface area (Å²) in [7, 11) is 1.08. The van der Waals surface area contributed by atoms with E-state index < -0.39 is 30.5 Å². The van der Waals surface area contributed by atoms with Gasteiger partial charge in [-0.05, 0) is 5.56 Å². The van der Waals surface area contributed by atoms with Gasteiger partial charge in [-0.25, -0.2) is 9.59 Å². The largest absolute Gasteiger partial charge is 0.550 e. The maximum atomic E-state index is 11.5. The molecule has 108 valence electrons. The van der Waals surface area contributed by atoms with Gasteiger partial charge in [0.25, 0.3) is 0 Å². The van der Waals surface area contributed by atoms with E-state index in [1.807, 2.05) is 6.07 Å². The van der Waals surface area contributed by atoms with E-state index in [2.05, 4.69) is 10.1 Å². The molecule has 0 aliphatic rings. The van der Waals surface area contributed by atoms with Crippen molar-refractivity contribution in [3.8, 4) is 0 Å². The van der Waals surface area contributed by atoms with Crippen LogP contribution >= 0.6 is 0 Å². The summed E-state index contributed by atoms with van der Waals surface area (Å²) in [6.45, 7) is 0.00584. The molecular weight excluding hydrogens is 266 g/mol. The molecule has 1 rings (SSSR count). The van der Waals surface area contributed by atoms with Crippen molar-refractivity contribution in [1.82, 2.24) is 5.32 Å². The molecule has 0 fully saturated rings. The highest BCUT2D eigenvalue weighted by molar-refractivity contribution is 5.85. The number of aliphatic carboxylic acids is 1. The van der Waals surface area contributed by atoms with Crippen molar-refractivity contribution < 1.29 is 29.0 Å². The fraction of sp³-hybridized carbons (Fsp3) is 0.308. The van der Waals surface area contributed by atoms with E-state index in [9.17, 15) is 19.5 Å². The molecule has 1 N–H and O–H groups in total. The minimum atomic E-state index is -1.48. The summed E-state index contributed by atoms with van der Waals surface area (Å²) in [4.78, 5) is 33.2. The van der Waals surface area contributed by atoms with Crippen LogP contribution in [0.2, 0.25) is 0 Å². The monoisotopic (exact) mass is 280 g/mol. The van der Waals surface area contributed by atoms with Crippen molar-refractivity contribution >= 4 is 18.0 Å². The van der Waals surface area contributed by atoms with Crippen LogP contribution in [0.3, 0.4) is 0 Å². The van der Waals surface area contributed by atoms with Crippen LogP contribution in [0.1, 0.15) is 12.0 Å². The minimum absolute atomic E-state index is 0.00584. The number of esters is 1. The van der Waals surface area contributed by atoms with E-state index in [1.54, 1.807) is 24.3 Å². The molecule has 1 aromatic carbocycles. The highest BCUT2D eigenvalue weighted by Crippen LogP contribution is 2.01. The molecule has 1 amide bonds. The molecule has 0 unspecified atom stereocenters. The Morgan fingerprint density at radius 1 is 1.25 bits per heavy atom. The SMILES string of the molecule is COC(=O)[C@H](CC(=O)[O-])NC(=O)OCc1ccccc1. The van der Waals surface area contributed by atoms with Gasteiger partial charge in [-0.2, -0.15) is 0 Å². The second-order valence-electron chi connectivity index (χ2n) is 3.86. The standard InChI is InChI=1S/C13H15NO6/c1-19-12(17)10(7-11(15)16)14-13(18)20-8-9-5-3-2-4-6-9/h2-6,10H,7-8H2,1H3,(H,14,18)(H,15,16)/p-1/t10-/m0/s1. The van der Waals surface area contributed by atoms with Crippen LogP contribution in [0.15, 0.2) is 30.3 Å². The first-order valence-electron chi connectivity index (χ1n) is 5.78. The van der Waals surface area contributed by atoms with Gasteiger partial charge in [0.15, 0.2) is 0 Å². The van der Waals surface area contributed by atoms with E-state index in [1.165, 1.54) is 0 Å². The average Bonchev–Trinajstić information content (AvgIpc) is 2.44. The van der Waals surface area contributed by atoms with Crippen molar-refractivity contribution in [1.29, 1.82) is 0 Å². The molecule has 0 spiro atoms. The van der Waals surface area contributed by atoms with Gasteiger partial charge in [-0.3, -0.25) is 0 Å². The number of rotatable bonds is 6. The van der Waals surface area contributed by atoms with E-state index >= 15 is 0 Å². The molecule has 0 saturated heterocycles. The van der Waals surface area contributed by atoms with E-state index in [-0.39, 0.29) is 6.61 Å². The van der Waals surface area contributed by atoms with Gasteiger partial charge in [0, 0.05) is 12.4 Å². The Labute approximate surface area is 115 Å². The number of carboxylic acids is 1. The van der Waals surface area contributed by atoms with Crippen molar-refractivity contribution in [2.45, 2.75) is 19.1 Å². The number of hydrogen-bond acceptors (Lipinski definition) is 6. The Morgan fingerprint density at radius 3 is 2.45 bits per heavy atom. The molecule has 1 atom stereocenters. The molecule has 0 aromatic heterocycles. The number of carbonyl (C=O) groups excluding carboxylic acids is 3. The van der Waals surface area contributed by atoms with Crippen molar-refractivity contribution in [2.24, 2.45) is 0 Å². The number of alkyl carbamates (subject to hydrolysis) is 1. The number of carboxylic acid groups (broad SMARTS) is 1. The number of hydrogen-bond donors (Lipinski definition) is 1. The fourth-order valence-corrected chi connectivity index (χ4v) is 1.41. The molecule has 7 nitrogen and oxygen atoms in total. The van der Waals surface area contributed by atoms with Crippen LogP contribution in [-0.2, 0) is 25.7 Å². The summed E-state index contributed by atoms with van der Waals surface area (Å²) in [5.74, 6) is -2.37. The number of ether oxygens (including phenoxy) is 2. The van der Waals surface area contributed by atoms with E-state index in [0.29, 0.717) is 0 Å². The lowest BCUT2D eigenvalue weighted by Gasteiger charge is -2.16. The lowest BCUT2D eigenvalue weighted by Crippen LogP contribution is -2.45. The first-order chi connectivity index (χ1) is 9.52. The highest BCUT2D eigenvalue weighted by atomic mass is 16.6. The van der Waals surface area contributed by atoms with Crippen LogP contribution < -0.4 is 10.4 Å². The van der Waals surface area contributed by atoms with Crippen LogP contribution in [0.5, 0.6) is 0 Å². The van der Waals surface area contributed by atoms with E-state index in [4.69, 9.17) is 4.74 Å². The maximum Gasteiger partial charge on any atom is 0.408 e. The zero-order valence-electron chi connectivity index (χ0n) is 10.8. The normalized spacial score (nSPS) is 11.2. The molecule has 7 heteroatoms. The lowest BCUT2D eigenvalue weighted by atomic mass is 10.2. The summed E-state index contributed by atoms with van der Waals surface area (Å²) in [5, 5.41) is 12.6. The Bertz CT molecular complexity index is 473. The zero-order chi connectivity index (χ0) is 15.0. The first kappa shape index (κ1) is 15.5. The molecular formula is C13H14NO6-. The minimum Gasteiger partial charge on any atom is -0.550 e. The predicted molar refractivity (Wildman–Crippen MR) is 65.2 cm³/mol. The summed E-state index contributed by atoms with van der Waals surface area (Å²) < 4.78 is 9.24. The highest BCUT2D eigenvalue weighted by Gasteiger charge is 2.22. The molecule has 0 aliphatic heterocycles. The van der Waals surface area contributed by atoms with Crippen molar-refractivity contribution in [2.75, 3.05) is 7.11 Å². The fourth-order valence-electron chi connectivity index (χ4n) is 1.41. The summed E-state index contributed by atoms with van der Waals surface area (Å²) in [5.41, 5.74) is 0.761. The second kappa shape index (κ2) is 7.78. The van der Waals surface area contributed by atoms with Crippen LogP contribution in [0, 0.1) is 0 Å². The van der Waals surface area contributed by atoms with Gasteiger partial charge in [-0.15, -0.1) is 0 Å². The zero-order valence-corrected chi connectivity index (χ0v) is 10.8. The Morgan fingerprint density at radius 2 is 1.90 bits per heavy atom. The van der Waals surface area contributed by atoms with Gasteiger partial charge >= 0.3 is 12.1 Å². The summed E-state index contributed by atoms with van der Waals surface area (Å²) >= 11 is 0. The van der Waals surface area contributed by atoms with Crippen molar-refractivity contribution in [3.63, 3.8) is 0 Å². The first-order valence-corrected chi connectivity index (χ1v) is 5.78. The van der Waals surface area contributed by atoms with Gasteiger partial charge in [0.05, 0.1) is 7.11 Å². The van der Waals surface area contributed by atoms with E-state index in [0.717, 1.165) is 12.7 Å². The molecule has 0 bridgehead atoms. The van der Waals surface area contributed by atoms with Gasteiger partial charge < -0.3 is 24.7 Å². The van der Waals surface area contributed by atoms with Gasteiger partial charge in [0.1, 0.15) is 12.6 Å². The number of benzene rings is 1. The molecule has 0 aliphatic carbocycles. The quantitative estimate of drug-likeness (QED) is 0.710. The predicted octanol–water partition coefficient (Wildman–Crippen LogP) is -0.406. The molecule has 1 aromatic rings. The van der Waals surface area contributed by atoms with Crippen LogP contribution in [0.4, 0.5) is 4.79 Å². The number of carbonyl (C=O) groups is 3. The topological polar surface area (TPSA) is 105 Å². The van der Waals surface area contributed by atoms with Gasteiger partial charge in [0.2, 0.25) is 0 Å². The molecule has 0 saturated carbocycles. The molecule has 20 heavy (non-hydrogen) atoms. The van der Waals surface area contributed by atoms with Crippen LogP contribution in [0.25, 0.3) is 0 Å². The second-order valence-corrected chi connectivity index (χ2v) is 3.86. The number of methoxy groups -OCH3 is 1. The lowest BCUT2D eigenvalue weighted by molar-refractivity contribution is -0.306. The summed E-state index contributed by atoms with van der Waals surface area (Å²) in [6.07, 6.45) is -1.60. The van der Waals surface area contributed by atoms with Gasteiger partial charge in [-0.1, -0.05) is 30.3 Å². The smallest absolute Gasteiger partial charge is 0.408 e. The average molecular weight is 280 g/mol. The van der Waals surface area contributed by atoms with Crippen molar-refractivity contribution in [3.05, 3.63) is 35.9 Å².